The third-order valence-corrected chi connectivity index (χ3v) is 4.93. The van der Waals surface area contributed by atoms with Gasteiger partial charge >= 0.3 is 5.16 Å². The molecule has 0 bridgehead atoms. The lowest BCUT2D eigenvalue weighted by atomic mass is 10.2. The molecular weight excluding hydrogens is 342 g/mol. The molecule has 1 aromatic heterocycles. The number of hydrogen-bond acceptors (Lipinski definition) is 2. The molecule has 0 aliphatic carbocycles. The van der Waals surface area contributed by atoms with Crippen LogP contribution in [0.15, 0.2) is 90.1 Å². The summed E-state index contributed by atoms with van der Waals surface area (Å²) < 4.78 is 0. The van der Waals surface area contributed by atoms with Crippen molar-refractivity contribution in [1.82, 2.24) is 4.98 Å². The first-order chi connectivity index (χ1) is 12.8. The van der Waals surface area contributed by atoms with Crippen LogP contribution in [-0.2, 0) is 4.79 Å². The Morgan fingerprint density at radius 2 is 1.42 bits per heavy atom. The standard InChI is InChI=1S/C21H17N3OS/c25-20(15-26-21-22-18-13-7-8-14-19(18)23-21)24(16-9-3-1-4-10-16)17-11-5-2-6-12-17/h1-14H,15H2,(H,22,23)/p+1. The fourth-order valence-electron chi connectivity index (χ4n) is 2.84. The van der Waals surface area contributed by atoms with Crippen molar-refractivity contribution in [2.45, 2.75) is 5.16 Å². The van der Waals surface area contributed by atoms with Crippen LogP contribution in [-0.4, -0.2) is 16.6 Å². The van der Waals surface area contributed by atoms with Crippen LogP contribution in [0.2, 0.25) is 0 Å². The summed E-state index contributed by atoms with van der Waals surface area (Å²) in [4.78, 5) is 21.4. The quantitative estimate of drug-likeness (QED) is 0.535. The number of H-pyrrole nitrogens is 2. The van der Waals surface area contributed by atoms with Crippen LogP contribution in [0.3, 0.4) is 0 Å². The minimum absolute atomic E-state index is 0.0273. The van der Waals surface area contributed by atoms with Crippen molar-refractivity contribution in [3.63, 3.8) is 0 Å². The Morgan fingerprint density at radius 1 is 0.846 bits per heavy atom. The Balaban J connectivity index is 1.56. The van der Waals surface area contributed by atoms with Gasteiger partial charge in [-0.25, -0.2) is 9.97 Å². The van der Waals surface area contributed by atoms with Gasteiger partial charge in [0.15, 0.2) is 11.0 Å². The van der Waals surface area contributed by atoms with Crippen LogP contribution in [0.1, 0.15) is 0 Å². The van der Waals surface area contributed by atoms with E-state index in [0.717, 1.165) is 27.6 Å². The molecule has 0 fully saturated rings. The number of nitrogens with one attached hydrogen (secondary N) is 2. The van der Waals surface area contributed by atoms with E-state index in [0.29, 0.717) is 5.75 Å². The van der Waals surface area contributed by atoms with E-state index in [-0.39, 0.29) is 5.91 Å². The normalized spacial score (nSPS) is 10.8. The molecule has 4 nitrogen and oxygen atoms in total. The molecule has 0 atom stereocenters. The third-order valence-electron chi connectivity index (χ3n) is 4.04. The van der Waals surface area contributed by atoms with E-state index >= 15 is 0 Å². The highest BCUT2D eigenvalue weighted by atomic mass is 32.2. The number of anilines is 2. The molecule has 3 aromatic carbocycles. The van der Waals surface area contributed by atoms with Crippen LogP contribution in [0.5, 0.6) is 0 Å². The zero-order chi connectivity index (χ0) is 17.8. The number of benzene rings is 3. The predicted octanol–water partition coefficient (Wildman–Crippen LogP) is 4.44. The number of rotatable bonds is 5. The number of para-hydroxylation sites is 4. The fourth-order valence-corrected chi connectivity index (χ4v) is 3.60. The first-order valence-electron chi connectivity index (χ1n) is 8.37. The SMILES string of the molecule is O=C(CSc1[nH]c2ccccc2[nH+]1)N(c1ccccc1)c1ccccc1. The maximum absolute atomic E-state index is 13.0. The second-order valence-corrected chi connectivity index (χ2v) is 6.80. The van der Waals surface area contributed by atoms with Gasteiger partial charge in [0.05, 0.1) is 5.75 Å². The van der Waals surface area contributed by atoms with E-state index < -0.39 is 0 Å². The summed E-state index contributed by atoms with van der Waals surface area (Å²) >= 11 is 1.47. The summed E-state index contributed by atoms with van der Waals surface area (Å²) in [7, 11) is 0. The Kier molecular flexibility index (Phi) is 4.71. The summed E-state index contributed by atoms with van der Waals surface area (Å²) in [5.41, 5.74) is 3.80. The average Bonchev–Trinajstić information content (AvgIpc) is 3.11. The molecule has 5 heteroatoms. The van der Waals surface area contributed by atoms with E-state index in [2.05, 4.69) is 9.97 Å². The van der Waals surface area contributed by atoms with Gasteiger partial charge in [-0.3, -0.25) is 9.69 Å². The van der Waals surface area contributed by atoms with Crippen LogP contribution in [0.25, 0.3) is 11.0 Å². The number of aromatic nitrogens is 2. The van der Waals surface area contributed by atoms with E-state index in [1.54, 1.807) is 4.90 Å². The largest absolute Gasteiger partial charge is 0.315 e. The number of carbonyl (C=O) groups excluding carboxylic acids is 1. The van der Waals surface area contributed by atoms with Gasteiger partial charge < -0.3 is 0 Å². The van der Waals surface area contributed by atoms with Gasteiger partial charge in [-0.2, -0.15) is 0 Å². The summed E-state index contributed by atoms with van der Waals surface area (Å²) in [5.74, 6) is 0.354. The number of nitrogens with zero attached hydrogens (tertiary/aromatic N) is 1. The maximum Gasteiger partial charge on any atom is 0.315 e. The van der Waals surface area contributed by atoms with Crippen LogP contribution < -0.4 is 9.88 Å². The number of hydrogen-bond donors (Lipinski definition) is 1. The number of fused-ring (bicyclic) bond motifs is 1. The molecule has 0 saturated carbocycles. The summed E-state index contributed by atoms with van der Waals surface area (Å²) in [5, 5.41) is 0.876. The molecule has 0 aliphatic rings. The van der Waals surface area contributed by atoms with E-state index in [1.165, 1.54) is 11.8 Å². The number of imidazole rings is 1. The van der Waals surface area contributed by atoms with Gasteiger partial charge in [-0.15, -0.1) is 0 Å². The molecule has 0 spiro atoms. The van der Waals surface area contributed by atoms with Crippen molar-refractivity contribution < 1.29 is 9.78 Å². The van der Waals surface area contributed by atoms with Crippen LogP contribution >= 0.6 is 11.8 Å². The molecule has 0 saturated heterocycles. The van der Waals surface area contributed by atoms with Gasteiger partial charge in [0.1, 0.15) is 0 Å². The lowest BCUT2D eigenvalue weighted by Crippen LogP contribution is -2.27. The molecule has 26 heavy (non-hydrogen) atoms. The van der Waals surface area contributed by atoms with Gasteiger partial charge in [0, 0.05) is 11.4 Å². The van der Waals surface area contributed by atoms with Crippen LogP contribution in [0.4, 0.5) is 11.4 Å². The minimum Gasteiger partial charge on any atom is -0.280 e. The molecule has 0 radical (unpaired) electrons. The summed E-state index contributed by atoms with van der Waals surface area (Å²) in [6, 6.07) is 27.5. The Labute approximate surface area is 155 Å². The first kappa shape index (κ1) is 16.4. The van der Waals surface area contributed by atoms with Gasteiger partial charge in [0.2, 0.25) is 5.91 Å². The van der Waals surface area contributed by atoms with Crippen molar-refractivity contribution in [3.05, 3.63) is 84.9 Å². The van der Waals surface area contributed by atoms with Crippen molar-refractivity contribution in [2.24, 2.45) is 0 Å². The molecule has 0 unspecified atom stereocenters. The number of thioether (sulfide) groups is 1. The Morgan fingerprint density at radius 3 is 2.04 bits per heavy atom. The molecule has 1 amide bonds. The molecule has 0 aliphatic heterocycles. The summed E-state index contributed by atoms with van der Waals surface area (Å²) in [6.07, 6.45) is 0. The van der Waals surface area contributed by atoms with Gasteiger partial charge in [0.25, 0.3) is 0 Å². The molecule has 4 aromatic rings. The first-order valence-corrected chi connectivity index (χ1v) is 9.36. The van der Waals surface area contributed by atoms with Crippen molar-refractivity contribution in [3.8, 4) is 0 Å². The zero-order valence-electron chi connectivity index (χ0n) is 14.1. The molecule has 2 N–H and O–H groups in total. The predicted molar refractivity (Wildman–Crippen MR) is 106 cm³/mol. The second-order valence-electron chi connectivity index (χ2n) is 5.81. The van der Waals surface area contributed by atoms with Crippen molar-refractivity contribution >= 4 is 40.1 Å². The zero-order valence-corrected chi connectivity index (χ0v) is 14.9. The van der Waals surface area contributed by atoms with Gasteiger partial charge in [-0.05, 0) is 48.2 Å². The lowest BCUT2D eigenvalue weighted by molar-refractivity contribution is -0.396. The molecular formula is C21H18N3OS+. The minimum atomic E-state index is 0.0273. The topological polar surface area (TPSA) is 50.2 Å². The fraction of sp³-hybridized carbons (Fsp3) is 0.0476. The molecule has 1 heterocycles. The number of amides is 1. The Hall–Kier alpha value is -3.05. The highest BCUT2D eigenvalue weighted by Crippen LogP contribution is 2.26. The monoisotopic (exact) mass is 360 g/mol. The summed E-state index contributed by atoms with van der Waals surface area (Å²) in [6.45, 7) is 0. The highest BCUT2D eigenvalue weighted by molar-refractivity contribution is 7.99. The number of aromatic amines is 2. The molecule has 4 rings (SSSR count). The van der Waals surface area contributed by atoms with Crippen LogP contribution in [0, 0.1) is 0 Å². The smallest absolute Gasteiger partial charge is 0.280 e. The van der Waals surface area contributed by atoms with Crippen molar-refractivity contribution in [2.75, 3.05) is 10.7 Å². The third kappa shape index (κ3) is 3.48. The maximum atomic E-state index is 13.0. The highest BCUT2D eigenvalue weighted by Gasteiger charge is 2.20. The average molecular weight is 360 g/mol. The van der Waals surface area contributed by atoms with E-state index in [1.807, 2.05) is 84.9 Å². The lowest BCUT2D eigenvalue weighted by Gasteiger charge is -2.22. The second kappa shape index (κ2) is 7.45. The molecule has 128 valence electrons. The number of carbonyl (C=O) groups is 1. The Bertz CT molecular complexity index is 943. The van der Waals surface area contributed by atoms with Gasteiger partial charge in [-0.1, -0.05) is 48.5 Å². The van der Waals surface area contributed by atoms with E-state index in [9.17, 15) is 4.79 Å². The van der Waals surface area contributed by atoms with E-state index in [4.69, 9.17) is 0 Å². The van der Waals surface area contributed by atoms with Crippen molar-refractivity contribution in [1.29, 1.82) is 0 Å².